The molecule has 1 saturated heterocycles. The minimum atomic E-state index is -4.84. The molecular formula is C24H18F4N6O3S. The molecule has 196 valence electrons. The van der Waals surface area contributed by atoms with E-state index in [4.69, 9.17) is 21.9 Å². The molecule has 0 bridgehead atoms. The van der Waals surface area contributed by atoms with E-state index in [1.165, 1.54) is 49.9 Å². The number of halogens is 4. The zero-order chi connectivity index (χ0) is 28.0. The lowest BCUT2D eigenvalue weighted by molar-refractivity contribution is -0.137. The number of hydrogen-bond donors (Lipinski definition) is 1. The fourth-order valence-corrected chi connectivity index (χ4v) is 4.44. The standard InChI is InChI=1S/C24H18F4N6O3S/c1-12-31-32-20(37-12)19(35)30-11-14-5-7-16(9-18(14)25)34-22(38)33(21(36)23(34,2)3)15-6-4-13(10-29)17(8-15)24(26,27)28/h4-9H,11H2,1-3H3,(H,30,35). The number of thiocarbonyl (C=S) groups is 1. The fourth-order valence-electron chi connectivity index (χ4n) is 3.92. The highest BCUT2D eigenvalue weighted by Crippen LogP contribution is 2.39. The minimum Gasteiger partial charge on any atom is -0.417 e. The molecule has 1 aliphatic rings. The van der Waals surface area contributed by atoms with E-state index < -0.39 is 40.5 Å². The number of hydrogen-bond acceptors (Lipinski definition) is 7. The first-order chi connectivity index (χ1) is 17.8. The van der Waals surface area contributed by atoms with E-state index in [2.05, 4.69) is 15.5 Å². The van der Waals surface area contributed by atoms with Crippen molar-refractivity contribution in [3.05, 3.63) is 70.7 Å². The first-order valence-corrected chi connectivity index (χ1v) is 11.3. The number of nitrogens with one attached hydrogen (secondary N) is 1. The average molecular weight is 547 g/mol. The normalized spacial score (nSPS) is 15.1. The van der Waals surface area contributed by atoms with Crippen LogP contribution in [0.1, 0.15) is 47.1 Å². The molecule has 2 aromatic carbocycles. The van der Waals surface area contributed by atoms with Crippen LogP contribution in [0.15, 0.2) is 40.8 Å². The van der Waals surface area contributed by atoms with Gasteiger partial charge in [-0.15, -0.1) is 10.2 Å². The quantitative estimate of drug-likeness (QED) is 0.373. The van der Waals surface area contributed by atoms with Gasteiger partial charge in [0.15, 0.2) is 5.11 Å². The van der Waals surface area contributed by atoms with Crippen LogP contribution in [-0.4, -0.2) is 32.7 Å². The van der Waals surface area contributed by atoms with Crippen LogP contribution in [0.3, 0.4) is 0 Å². The van der Waals surface area contributed by atoms with Crippen LogP contribution in [0.2, 0.25) is 0 Å². The molecule has 1 fully saturated rings. The molecule has 0 radical (unpaired) electrons. The van der Waals surface area contributed by atoms with Crippen molar-refractivity contribution >= 4 is 40.5 Å². The molecule has 0 atom stereocenters. The average Bonchev–Trinajstić information content (AvgIpc) is 3.35. The van der Waals surface area contributed by atoms with E-state index >= 15 is 0 Å². The van der Waals surface area contributed by atoms with Gasteiger partial charge in [-0.3, -0.25) is 14.5 Å². The first-order valence-electron chi connectivity index (χ1n) is 10.9. The van der Waals surface area contributed by atoms with Gasteiger partial charge in [0.1, 0.15) is 11.4 Å². The predicted octanol–water partition coefficient (Wildman–Crippen LogP) is 4.25. The first kappa shape index (κ1) is 26.7. The van der Waals surface area contributed by atoms with Gasteiger partial charge in [0.2, 0.25) is 5.89 Å². The molecule has 1 aliphatic heterocycles. The summed E-state index contributed by atoms with van der Waals surface area (Å²) in [5.41, 5.74) is -3.11. The summed E-state index contributed by atoms with van der Waals surface area (Å²) in [4.78, 5) is 27.6. The van der Waals surface area contributed by atoms with Gasteiger partial charge in [-0.1, -0.05) is 6.07 Å². The Morgan fingerprint density at radius 2 is 1.87 bits per heavy atom. The lowest BCUT2D eigenvalue weighted by Crippen LogP contribution is -2.44. The number of nitriles is 1. The van der Waals surface area contributed by atoms with E-state index in [1.807, 2.05) is 0 Å². The summed E-state index contributed by atoms with van der Waals surface area (Å²) >= 11 is 5.45. The van der Waals surface area contributed by atoms with Crippen molar-refractivity contribution in [1.82, 2.24) is 15.5 Å². The summed E-state index contributed by atoms with van der Waals surface area (Å²) in [6.07, 6.45) is -4.84. The summed E-state index contributed by atoms with van der Waals surface area (Å²) in [5.74, 6) is -2.16. The number of carbonyl (C=O) groups is 2. The highest BCUT2D eigenvalue weighted by Gasteiger charge is 2.50. The second kappa shape index (κ2) is 9.49. The third kappa shape index (κ3) is 4.68. The van der Waals surface area contributed by atoms with Crippen LogP contribution < -0.4 is 15.1 Å². The van der Waals surface area contributed by atoms with E-state index in [9.17, 15) is 27.2 Å². The summed E-state index contributed by atoms with van der Waals surface area (Å²) < 4.78 is 60.5. The number of benzene rings is 2. The third-order valence-electron chi connectivity index (χ3n) is 5.81. The van der Waals surface area contributed by atoms with Gasteiger partial charge < -0.3 is 14.6 Å². The van der Waals surface area contributed by atoms with Crippen molar-refractivity contribution in [2.24, 2.45) is 0 Å². The molecule has 14 heteroatoms. The van der Waals surface area contributed by atoms with Crippen LogP contribution in [0, 0.1) is 24.1 Å². The van der Waals surface area contributed by atoms with Crippen molar-refractivity contribution in [1.29, 1.82) is 5.26 Å². The number of anilines is 2. The second-order valence-corrected chi connectivity index (χ2v) is 9.11. The van der Waals surface area contributed by atoms with Gasteiger partial charge in [0, 0.05) is 24.7 Å². The molecule has 0 saturated carbocycles. The molecule has 1 aromatic heterocycles. The number of carbonyl (C=O) groups excluding carboxylic acids is 2. The Morgan fingerprint density at radius 1 is 1.18 bits per heavy atom. The molecule has 38 heavy (non-hydrogen) atoms. The van der Waals surface area contributed by atoms with Gasteiger partial charge in [0.25, 0.3) is 5.91 Å². The van der Waals surface area contributed by atoms with Crippen LogP contribution >= 0.6 is 12.2 Å². The zero-order valence-electron chi connectivity index (χ0n) is 20.1. The molecule has 3 aromatic rings. The van der Waals surface area contributed by atoms with Crippen LogP contribution in [0.5, 0.6) is 0 Å². The Bertz CT molecular complexity index is 1510. The fraction of sp³-hybridized carbons (Fsp3) is 0.250. The largest absolute Gasteiger partial charge is 0.417 e. The molecule has 2 heterocycles. The molecule has 0 aliphatic carbocycles. The van der Waals surface area contributed by atoms with E-state index in [0.29, 0.717) is 6.07 Å². The maximum atomic E-state index is 15.0. The molecule has 2 amide bonds. The molecule has 4 rings (SSSR count). The predicted molar refractivity (Wildman–Crippen MR) is 129 cm³/mol. The van der Waals surface area contributed by atoms with Crippen molar-refractivity contribution in [3.63, 3.8) is 0 Å². The van der Waals surface area contributed by atoms with Gasteiger partial charge in [-0.25, -0.2) is 4.39 Å². The van der Waals surface area contributed by atoms with Crippen molar-refractivity contribution in [3.8, 4) is 6.07 Å². The van der Waals surface area contributed by atoms with Crippen LogP contribution in [0.25, 0.3) is 0 Å². The Morgan fingerprint density at radius 3 is 2.45 bits per heavy atom. The number of rotatable bonds is 5. The summed E-state index contributed by atoms with van der Waals surface area (Å²) in [6.45, 7) is 4.29. The molecular weight excluding hydrogens is 528 g/mol. The van der Waals surface area contributed by atoms with E-state index in [-0.39, 0.29) is 40.4 Å². The van der Waals surface area contributed by atoms with E-state index in [0.717, 1.165) is 17.0 Å². The maximum Gasteiger partial charge on any atom is 0.417 e. The number of aryl methyl sites for hydroxylation is 1. The lowest BCUT2D eigenvalue weighted by atomic mass is 10.0. The SMILES string of the molecule is Cc1nnc(C(=O)NCc2ccc(N3C(=S)N(c4ccc(C#N)c(C(F)(F)F)c4)C(=O)C3(C)C)cc2F)o1. The Kier molecular flexibility index (Phi) is 6.66. The summed E-state index contributed by atoms with van der Waals surface area (Å²) in [5, 5.41) is 18.5. The van der Waals surface area contributed by atoms with Crippen molar-refractivity contribution < 1.29 is 31.6 Å². The third-order valence-corrected chi connectivity index (χ3v) is 6.17. The number of alkyl halides is 3. The Balaban J connectivity index is 1.61. The number of amides is 2. The monoisotopic (exact) mass is 546 g/mol. The summed E-state index contributed by atoms with van der Waals surface area (Å²) in [7, 11) is 0. The molecule has 0 unspecified atom stereocenters. The number of aromatic nitrogens is 2. The van der Waals surface area contributed by atoms with Crippen molar-refractivity contribution in [2.75, 3.05) is 9.80 Å². The summed E-state index contributed by atoms with van der Waals surface area (Å²) in [6, 6.07) is 8.25. The Hall–Kier alpha value is -4.38. The van der Waals surface area contributed by atoms with E-state index in [1.54, 1.807) is 0 Å². The minimum absolute atomic E-state index is 0.103. The second-order valence-electron chi connectivity index (χ2n) is 8.74. The lowest BCUT2D eigenvalue weighted by Gasteiger charge is -2.29. The smallest absolute Gasteiger partial charge is 0.417 e. The molecule has 9 nitrogen and oxygen atoms in total. The van der Waals surface area contributed by atoms with Crippen molar-refractivity contribution in [2.45, 2.75) is 39.0 Å². The molecule has 0 spiro atoms. The van der Waals surface area contributed by atoms with Crippen LogP contribution in [-0.2, 0) is 17.5 Å². The van der Waals surface area contributed by atoms with Gasteiger partial charge >= 0.3 is 18.0 Å². The van der Waals surface area contributed by atoms with Gasteiger partial charge in [-0.05, 0) is 56.4 Å². The van der Waals surface area contributed by atoms with Gasteiger partial charge in [0.05, 0.1) is 22.9 Å². The molecule has 1 N–H and O–H groups in total. The van der Waals surface area contributed by atoms with Gasteiger partial charge in [-0.2, -0.15) is 18.4 Å². The Labute approximate surface area is 218 Å². The number of nitrogens with zero attached hydrogens (tertiary/aromatic N) is 5. The highest BCUT2D eigenvalue weighted by atomic mass is 32.1. The highest BCUT2D eigenvalue weighted by molar-refractivity contribution is 7.81. The topological polar surface area (TPSA) is 115 Å². The zero-order valence-corrected chi connectivity index (χ0v) is 20.9. The van der Waals surface area contributed by atoms with Crippen LogP contribution in [0.4, 0.5) is 28.9 Å². The maximum absolute atomic E-state index is 15.0.